The Morgan fingerprint density at radius 2 is 1.71 bits per heavy atom. The molecule has 0 spiro atoms. The van der Waals surface area contributed by atoms with E-state index in [1.54, 1.807) is 29.6 Å². The van der Waals surface area contributed by atoms with Gasteiger partial charge in [0.1, 0.15) is 0 Å². The first-order valence-corrected chi connectivity index (χ1v) is 8.75. The maximum absolute atomic E-state index is 11.8. The molecule has 0 saturated carbocycles. The molecule has 1 N–H and O–H groups in total. The zero-order valence-corrected chi connectivity index (χ0v) is 13.6. The van der Waals surface area contributed by atoms with Crippen molar-refractivity contribution in [3.8, 4) is 31.5 Å². The summed E-state index contributed by atoms with van der Waals surface area (Å²) in [5.74, 6) is 2.51. The van der Waals surface area contributed by atoms with Crippen molar-refractivity contribution in [3.05, 3.63) is 46.7 Å². The first kappa shape index (κ1) is 14.1. The number of rotatable bonds is 3. The fourth-order valence-electron chi connectivity index (χ4n) is 1.79. The first-order chi connectivity index (χ1) is 10.3. The second kappa shape index (κ2) is 6.27. The van der Waals surface area contributed by atoms with E-state index < -0.39 is 0 Å². The van der Waals surface area contributed by atoms with Crippen LogP contribution in [0.4, 0.5) is 0 Å². The van der Waals surface area contributed by atoms with Crippen LogP contribution in [-0.4, -0.2) is 5.91 Å². The fraction of sp³-hybridized carbons (Fsp3) is 0.0625. The third-order valence-corrected chi connectivity index (χ3v) is 6.17. The van der Waals surface area contributed by atoms with E-state index in [-0.39, 0.29) is 5.91 Å². The van der Waals surface area contributed by atoms with Gasteiger partial charge in [-0.1, -0.05) is 12.0 Å². The molecule has 3 rings (SSSR count). The van der Waals surface area contributed by atoms with Crippen LogP contribution in [0, 0.1) is 12.0 Å². The van der Waals surface area contributed by atoms with Crippen molar-refractivity contribution in [3.63, 3.8) is 0 Å². The zero-order valence-electron chi connectivity index (χ0n) is 11.2. The Balaban J connectivity index is 1.83. The zero-order chi connectivity index (χ0) is 14.7. The number of hydrogen-bond donors (Lipinski definition) is 1. The fourth-order valence-corrected chi connectivity index (χ4v) is 4.63. The van der Waals surface area contributed by atoms with Gasteiger partial charge in [-0.05, 0) is 42.6 Å². The highest BCUT2D eigenvalue weighted by Crippen LogP contribution is 2.38. The average molecular weight is 329 g/mol. The second-order valence-corrected chi connectivity index (χ2v) is 7.25. The van der Waals surface area contributed by atoms with Crippen LogP contribution < -0.4 is 5.32 Å². The number of amides is 1. The Morgan fingerprint density at radius 3 is 2.43 bits per heavy atom. The highest BCUT2D eigenvalue weighted by molar-refractivity contribution is 7.26. The van der Waals surface area contributed by atoms with Crippen LogP contribution in [0.15, 0.2) is 41.8 Å². The summed E-state index contributed by atoms with van der Waals surface area (Å²) < 4.78 is 0. The SMILES string of the molecule is CC#CNC(=O)c1ccc(-c2ccc(-c3cccs3)s2)s1. The van der Waals surface area contributed by atoms with Gasteiger partial charge in [-0.2, -0.15) is 0 Å². The van der Waals surface area contributed by atoms with Gasteiger partial charge in [0.2, 0.25) is 0 Å². The van der Waals surface area contributed by atoms with Gasteiger partial charge < -0.3 is 0 Å². The summed E-state index contributed by atoms with van der Waals surface area (Å²) in [6, 6.07) is 14.8. The van der Waals surface area contributed by atoms with Crippen LogP contribution in [0.2, 0.25) is 0 Å². The van der Waals surface area contributed by atoms with E-state index in [4.69, 9.17) is 0 Å². The summed E-state index contributed by atoms with van der Waals surface area (Å²) in [6.07, 6.45) is 0. The topological polar surface area (TPSA) is 29.1 Å². The summed E-state index contributed by atoms with van der Waals surface area (Å²) in [6.45, 7) is 1.69. The third-order valence-electron chi connectivity index (χ3n) is 2.74. The molecule has 2 nitrogen and oxygen atoms in total. The average Bonchev–Trinajstić information content (AvgIpc) is 3.24. The standard InChI is InChI=1S/C16H11NOS3/c1-2-9-17-16(18)15-8-7-14(21-15)13-6-5-12(20-13)11-4-3-10-19-11/h3-8,10H,1H3,(H,17,18). The largest absolute Gasteiger partial charge is 0.280 e. The third kappa shape index (κ3) is 3.08. The molecule has 0 aromatic carbocycles. The predicted octanol–water partition coefficient (Wildman–Crippen LogP) is 4.92. The lowest BCUT2D eigenvalue weighted by atomic mass is 10.3. The van der Waals surface area contributed by atoms with Crippen LogP contribution in [-0.2, 0) is 0 Å². The van der Waals surface area contributed by atoms with Gasteiger partial charge in [0.05, 0.1) is 4.88 Å². The van der Waals surface area contributed by atoms with Crippen molar-refractivity contribution in [2.24, 2.45) is 0 Å². The van der Waals surface area contributed by atoms with Gasteiger partial charge in [-0.15, -0.1) is 34.0 Å². The van der Waals surface area contributed by atoms with Gasteiger partial charge in [-0.3, -0.25) is 10.1 Å². The van der Waals surface area contributed by atoms with Crippen LogP contribution in [0.3, 0.4) is 0 Å². The van der Waals surface area contributed by atoms with Gasteiger partial charge in [0.25, 0.3) is 5.91 Å². The van der Waals surface area contributed by atoms with Gasteiger partial charge in [0.15, 0.2) is 0 Å². The van der Waals surface area contributed by atoms with E-state index in [0.717, 1.165) is 4.88 Å². The number of hydrogen-bond acceptors (Lipinski definition) is 4. The molecular formula is C16H11NOS3. The minimum atomic E-state index is -0.143. The Hall–Kier alpha value is -1.87. The molecule has 3 heterocycles. The summed E-state index contributed by atoms with van der Waals surface area (Å²) in [5.41, 5.74) is 0. The number of carbonyl (C=O) groups is 1. The Bertz CT molecular complexity index is 815. The lowest BCUT2D eigenvalue weighted by Gasteiger charge is -1.93. The normalized spacial score (nSPS) is 9.95. The van der Waals surface area contributed by atoms with Gasteiger partial charge in [-0.25, -0.2) is 0 Å². The van der Waals surface area contributed by atoms with E-state index in [0.29, 0.717) is 4.88 Å². The molecule has 1 amide bonds. The van der Waals surface area contributed by atoms with Crippen LogP contribution in [0.1, 0.15) is 16.6 Å². The molecular weight excluding hydrogens is 318 g/mol. The highest BCUT2D eigenvalue weighted by Gasteiger charge is 2.11. The summed E-state index contributed by atoms with van der Waals surface area (Å²) in [4.78, 5) is 17.4. The summed E-state index contributed by atoms with van der Waals surface area (Å²) in [5, 5.41) is 4.64. The van der Waals surface area contributed by atoms with E-state index in [1.165, 1.54) is 26.0 Å². The molecule has 0 aliphatic heterocycles. The Morgan fingerprint density at radius 1 is 1.00 bits per heavy atom. The number of carbonyl (C=O) groups excluding carboxylic acids is 1. The summed E-state index contributed by atoms with van der Waals surface area (Å²) in [7, 11) is 0. The van der Waals surface area contributed by atoms with E-state index in [9.17, 15) is 4.79 Å². The van der Waals surface area contributed by atoms with Crippen molar-refractivity contribution in [1.82, 2.24) is 5.32 Å². The van der Waals surface area contributed by atoms with Crippen LogP contribution in [0.25, 0.3) is 19.5 Å². The lowest BCUT2D eigenvalue weighted by molar-refractivity contribution is 0.0977. The van der Waals surface area contributed by atoms with Crippen molar-refractivity contribution in [2.75, 3.05) is 0 Å². The molecule has 3 aromatic rings. The van der Waals surface area contributed by atoms with E-state index in [1.807, 2.05) is 12.1 Å². The van der Waals surface area contributed by atoms with Crippen molar-refractivity contribution in [2.45, 2.75) is 6.92 Å². The van der Waals surface area contributed by atoms with Gasteiger partial charge >= 0.3 is 0 Å². The molecule has 0 aliphatic rings. The second-order valence-electron chi connectivity index (χ2n) is 4.13. The maximum Gasteiger partial charge on any atom is 0.272 e. The van der Waals surface area contributed by atoms with Crippen molar-refractivity contribution >= 4 is 39.9 Å². The van der Waals surface area contributed by atoms with Crippen LogP contribution in [0.5, 0.6) is 0 Å². The predicted molar refractivity (Wildman–Crippen MR) is 91.9 cm³/mol. The van der Waals surface area contributed by atoms with Crippen molar-refractivity contribution < 1.29 is 4.79 Å². The van der Waals surface area contributed by atoms with E-state index >= 15 is 0 Å². The smallest absolute Gasteiger partial charge is 0.272 e. The van der Waals surface area contributed by atoms with Crippen LogP contribution >= 0.6 is 34.0 Å². The van der Waals surface area contributed by atoms with E-state index in [2.05, 4.69) is 46.9 Å². The number of thiophene rings is 3. The molecule has 5 heteroatoms. The highest BCUT2D eigenvalue weighted by atomic mass is 32.1. The maximum atomic E-state index is 11.8. The molecule has 0 atom stereocenters. The molecule has 3 aromatic heterocycles. The quantitative estimate of drug-likeness (QED) is 0.536. The number of nitrogens with one attached hydrogen (secondary N) is 1. The summed E-state index contributed by atoms with van der Waals surface area (Å²) >= 11 is 4.98. The molecule has 0 aliphatic carbocycles. The monoisotopic (exact) mass is 329 g/mol. The van der Waals surface area contributed by atoms with Crippen molar-refractivity contribution in [1.29, 1.82) is 0 Å². The molecule has 0 saturated heterocycles. The molecule has 0 bridgehead atoms. The first-order valence-electron chi connectivity index (χ1n) is 6.24. The molecule has 104 valence electrons. The lowest BCUT2D eigenvalue weighted by Crippen LogP contribution is -2.15. The van der Waals surface area contributed by atoms with Gasteiger partial charge in [0, 0.05) is 25.6 Å². The Kier molecular flexibility index (Phi) is 4.20. The molecule has 0 radical (unpaired) electrons. The molecule has 21 heavy (non-hydrogen) atoms. The molecule has 0 fully saturated rings. The minimum absolute atomic E-state index is 0.143. The Labute approximate surface area is 135 Å². The minimum Gasteiger partial charge on any atom is -0.280 e. The molecule has 0 unspecified atom stereocenters.